The molecule has 0 N–H and O–H groups in total. The van der Waals surface area contributed by atoms with Crippen molar-refractivity contribution >= 4 is 20.9 Å². The molecule has 0 amide bonds. The average Bonchev–Trinajstić information content (AvgIpc) is 3.04. The van der Waals surface area contributed by atoms with E-state index in [1.54, 1.807) is 18.7 Å². The lowest BCUT2D eigenvalue weighted by Crippen LogP contribution is -2.23. The minimum absolute atomic E-state index is 0.423. The molecule has 0 aliphatic heterocycles. The Morgan fingerprint density at radius 3 is 2.71 bits per heavy atom. The van der Waals surface area contributed by atoms with Gasteiger partial charge >= 0.3 is 0 Å². The van der Waals surface area contributed by atoms with E-state index in [2.05, 4.69) is 29.2 Å². The third-order valence-corrected chi connectivity index (χ3v) is 4.52. The second kappa shape index (κ2) is 7.15. The summed E-state index contributed by atoms with van der Waals surface area (Å²) in [6.45, 7) is 0.456. The zero-order valence-corrected chi connectivity index (χ0v) is 14.3. The maximum atomic E-state index is 11.5. The molecule has 0 saturated carbocycles. The SMILES string of the molecule is CS(=O)(=O)OC(CCc1cccc2ccccc12)Cn1ccnc1. The summed E-state index contributed by atoms with van der Waals surface area (Å²) in [4.78, 5) is 3.99. The molecule has 3 rings (SSSR count). The number of fused-ring (bicyclic) bond motifs is 1. The van der Waals surface area contributed by atoms with E-state index in [0.29, 0.717) is 13.0 Å². The number of hydrogen-bond acceptors (Lipinski definition) is 4. The van der Waals surface area contributed by atoms with E-state index in [1.165, 1.54) is 16.3 Å². The first kappa shape index (κ1) is 16.7. The van der Waals surface area contributed by atoms with E-state index in [4.69, 9.17) is 4.18 Å². The van der Waals surface area contributed by atoms with E-state index < -0.39 is 16.2 Å². The molecule has 1 heterocycles. The number of hydrogen-bond donors (Lipinski definition) is 0. The number of aryl methyl sites for hydroxylation is 1. The van der Waals surface area contributed by atoms with E-state index in [-0.39, 0.29) is 0 Å². The molecule has 2 aromatic carbocycles. The van der Waals surface area contributed by atoms with Gasteiger partial charge in [-0.3, -0.25) is 4.18 Å². The van der Waals surface area contributed by atoms with Crippen LogP contribution in [0.15, 0.2) is 61.2 Å². The number of aromatic nitrogens is 2. The zero-order valence-electron chi connectivity index (χ0n) is 13.5. The van der Waals surface area contributed by atoms with Crippen molar-refractivity contribution in [3.8, 4) is 0 Å². The molecule has 1 aromatic heterocycles. The highest BCUT2D eigenvalue weighted by Crippen LogP contribution is 2.21. The van der Waals surface area contributed by atoms with Gasteiger partial charge in [0.2, 0.25) is 0 Å². The van der Waals surface area contributed by atoms with Gasteiger partial charge in [-0.05, 0) is 29.2 Å². The Labute approximate surface area is 142 Å². The van der Waals surface area contributed by atoms with Crippen molar-refractivity contribution in [2.24, 2.45) is 0 Å². The van der Waals surface area contributed by atoms with Crippen LogP contribution in [0.25, 0.3) is 10.8 Å². The third-order valence-electron chi connectivity index (χ3n) is 3.90. The average molecular weight is 344 g/mol. The van der Waals surface area contributed by atoms with Crippen molar-refractivity contribution in [3.05, 3.63) is 66.7 Å². The van der Waals surface area contributed by atoms with Crippen LogP contribution in [-0.4, -0.2) is 30.3 Å². The van der Waals surface area contributed by atoms with E-state index in [0.717, 1.165) is 12.7 Å². The van der Waals surface area contributed by atoms with Crippen molar-refractivity contribution in [3.63, 3.8) is 0 Å². The van der Waals surface area contributed by atoms with Crippen molar-refractivity contribution in [2.45, 2.75) is 25.5 Å². The lowest BCUT2D eigenvalue weighted by atomic mass is 9.99. The lowest BCUT2D eigenvalue weighted by Gasteiger charge is -2.17. The summed E-state index contributed by atoms with van der Waals surface area (Å²) in [5.41, 5.74) is 1.20. The number of rotatable bonds is 7. The van der Waals surface area contributed by atoms with Gasteiger partial charge in [0.15, 0.2) is 0 Å². The molecule has 0 fully saturated rings. The highest BCUT2D eigenvalue weighted by molar-refractivity contribution is 7.86. The van der Waals surface area contributed by atoms with Crippen molar-refractivity contribution < 1.29 is 12.6 Å². The van der Waals surface area contributed by atoms with E-state index >= 15 is 0 Å². The van der Waals surface area contributed by atoms with Crippen LogP contribution in [0.4, 0.5) is 0 Å². The van der Waals surface area contributed by atoms with Crippen LogP contribution in [0.3, 0.4) is 0 Å². The van der Waals surface area contributed by atoms with Gasteiger partial charge in [0.25, 0.3) is 10.1 Å². The van der Waals surface area contributed by atoms with Crippen molar-refractivity contribution in [1.29, 1.82) is 0 Å². The van der Waals surface area contributed by atoms with Crippen LogP contribution in [0, 0.1) is 0 Å². The quantitative estimate of drug-likeness (QED) is 0.618. The first-order valence-corrected chi connectivity index (χ1v) is 9.63. The molecule has 0 bridgehead atoms. The summed E-state index contributed by atoms with van der Waals surface area (Å²) in [5, 5.41) is 2.38. The summed E-state index contributed by atoms with van der Waals surface area (Å²) in [6.07, 6.45) is 7.16. The Balaban J connectivity index is 1.76. The molecule has 0 spiro atoms. The molecule has 1 atom stereocenters. The fourth-order valence-electron chi connectivity index (χ4n) is 2.87. The standard InChI is InChI=1S/C18H20N2O3S/c1-24(21,22)23-17(13-20-12-11-19-14-20)10-9-16-7-4-6-15-5-2-3-8-18(15)16/h2-8,11-12,14,17H,9-10,13H2,1H3. The molecule has 5 nitrogen and oxygen atoms in total. The number of benzene rings is 2. The van der Waals surface area contributed by atoms with E-state index in [1.807, 2.05) is 22.8 Å². The van der Waals surface area contributed by atoms with Crippen molar-refractivity contribution in [2.75, 3.05) is 6.26 Å². The molecular formula is C18H20N2O3S. The second-order valence-corrected chi connectivity index (χ2v) is 7.46. The minimum atomic E-state index is -3.51. The highest BCUT2D eigenvalue weighted by atomic mass is 32.2. The summed E-state index contributed by atoms with van der Waals surface area (Å²) in [7, 11) is -3.51. The van der Waals surface area contributed by atoms with Gasteiger partial charge in [-0.25, -0.2) is 4.98 Å². The smallest absolute Gasteiger partial charge is 0.264 e. The van der Waals surface area contributed by atoms with E-state index in [9.17, 15) is 8.42 Å². The van der Waals surface area contributed by atoms with Gasteiger partial charge in [-0.15, -0.1) is 0 Å². The van der Waals surface area contributed by atoms with Crippen molar-refractivity contribution in [1.82, 2.24) is 9.55 Å². The van der Waals surface area contributed by atoms with Gasteiger partial charge in [-0.1, -0.05) is 42.5 Å². The zero-order chi connectivity index (χ0) is 17.0. The molecule has 0 saturated heterocycles. The fraction of sp³-hybridized carbons (Fsp3) is 0.278. The third kappa shape index (κ3) is 4.43. The maximum absolute atomic E-state index is 11.5. The molecule has 6 heteroatoms. The van der Waals surface area contributed by atoms with Gasteiger partial charge < -0.3 is 4.57 Å². The maximum Gasteiger partial charge on any atom is 0.264 e. The van der Waals surface area contributed by atoms with Gasteiger partial charge in [0.05, 0.1) is 25.2 Å². The fourth-order valence-corrected chi connectivity index (χ4v) is 3.53. The largest absolute Gasteiger partial charge is 0.335 e. The molecule has 126 valence electrons. The molecule has 0 radical (unpaired) electrons. The summed E-state index contributed by atoms with van der Waals surface area (Å²) >= 11 is 0. The Morgan fingerprint density at radius 2 is 1.96 bits per heavy atom. The molecule has 0 aliphatic carbocycles. The lowest BCUT2D eigenvalue weighted by molar-refractivity contribution is 0.180. The number of imidazole rings is 1. The van der Waals surface area contributed by atoms with Gasteiger partial charge in [0, 0.05) is 12.4 Å². The molecule has 3 aromatic rings. The molecule has 0 aliphatic rings. The Morgan fingerprint density at radius 1 is 1.17 bits per heavy atom. The molecular weight excluding hydrogens is 324 g/mol. The summed E-state index contributed by atoms with van der Waals surface area (Å²) in [5.74, 6) is 0. The predicted octanol–water partition coefficient (Wildman–Crippen LogP) is 3.01. The molecule has 24 heavy (non-hydrogen) atoms. The second-order valence-electron chi connectivity index (χ2n) is 5.86. The summed E-state index contributed by atoms with van der Waals surface area (Å²) < 4.78 is 30.2. The van der Waals surface area contributed by atoms with Crippen LogP contribution < -0.4 is 0 Å². The normalized spacial score (nSPS) is 13.2. The number of nitrogens with zero attached hydrogens (tertiary/aromatic N) is 2. The highest BCUT2D eigenvalue weighted by Gasteiger charge is 2.17. The Bertz CT molecular complexity index is 900. The topological polar surface area (TPSA) is 61.2 Å². The first-order chi connectivity index (χ1) is 11.5. The van der Waals surface area contributed by atoms with Crippen LogP contribution >= 0.6 is 0 Å². The van der Waals surface area contributed by atoms with Crippen LogP contribution in [0.1, 0.15) is 12.0 Å². The minimum Gasteiger partial charge on any atom is -0.335 e. The van der Waals surface area contributed by atoms with Gasteiger partial charge in [-0.2, -0.15) is 8.42 Å². The first-order valence-electron chi connectivity index (χ1n) is 7.82. The molecule has 1 unspecified atom stereocenters. The Hall–Kier alpha value is -2.18. The monoisotopic (exact) mass is 344 g/mol. The Kier molecular flexibility index (Phi) is 4.97. The summed E-state index contributed by atoms with van der Waals surface area (Å²) in [6, 6.07) is 14.4. The predicted molar refractivity (Wildman–Crippen MR) is 94.2 cm³/mol. The van der Waals surface area contributed by atoms with Gasteiger partial charge in [0.1, 0.15) is 0 Å². The van der Waals surface area contributed by atoms with Crippen LogP contribution in [-0.2, 0) is 27.3 Å². The van der Waals surface area contributed by atoms with Crippen LogP contribution in [0.5, 0.6) is 0 Å². The van der Waals surface area contributed by atoms with Crippen LogP contribution in [0.2, 0.25) is 0 Å².